The van der Waals surface area contributed by atoms with Crippen molar-refractivity contribution >= 4 is 28.7 Å². The van der Waals surface area contributed by atoms with E-state index in [-0.39, 0.29) is 12.4 Å². The molecule has 0 radical (unpaired) electrons. The van der Waals surface area contributed by atoms with Crippen molar-refractivity contribution in [3.8, 4) is 11.5 Å². The number of esters is 1. The van der Waals surface area contributed by atoms with Crippen LogP contribution in [0.3, 0.4) is 0 Å². The molecular weight excluding hydrogens is 358 g/mol. The number of para-hydroxylation sites is 1. The van der Waals surface area contributed by atoms with Crippen LogP contribution in [0.4, 0.5) is 0 Å². The number of hydrogen-bond donors (Lipinski definition) is 1. The Morgan fingerprint density at radius 2 is 1.71 bits per heavy atom. The molecule has 0 aliphatic heterocycles. The minimum absolute atomic E-state index is 0.250. The number of aryl methyl sites for hydroxylation is 1. The molecule has 0 spiro atoms. The SMILES string of the molecule is COc1cc(/C=C/C(=O)OCC(=O)c2c(C)[nH]c3ccccc23)cc(OC)c1. The molecule has 6 heteroatoms. The van der Waals surface area contributed by atoms with Gasteiger partial charge in [0.05, 0.1) is 14.2 Å². The number of fused-ring (bicyclic) bond motifs is 1. The molecule has 0 bridgehead atoms. The van der Waals surface area contributed by atoms with Crippen LogP contribution in [0.1, 0.15) is 21.6 Å². The maximum Gasteiger partial charge on any atom is 0.331 e. The number of aromatic amines is 1. The van der Waals surface area contributed by atoms with Crippen LogP contribution < -0.4 is 9.47 Å². The van der Waals surface area contributed by atoms with Crippen molar-refractivity contribution in [1.29, 1.82) is 0 Å². The Balaban J connectivity index is 1.66. The van der Waals surface area contributed by atoms with E-state index >= 15 is 0 Å². The van der Waals surface area contributed by atoms with Gasteiger partial charge in [-0.25, -0.2) is 4.79 Å². The number of aromatic nitrogens is 1. The highest BCUT2D eigenvalue weighted by molar-refractivity contribution is 6.10. The lowest BCUT2D eigenvalue weighted by atomic mass is 10.1. The second-order valence-electron chi connectivity index (χ2n) is 6.18. The first-order valence-electron chi connectivity index (χ1n) is 8.70. The topological polar surface area (TPSA) is 77.6 Å². The summed E-state index contributed by atoms with van der Waals surface area (Å²) in [4.78, 5) is 27.7. The zero-order chi connectivity index (χ0) is 20.1. The predicted octanol–water partition coefficient (Wildman–Crippen LogP) is 3.93. The fourth-order valence-electron chi connectivity index (χ4n) is 2.98. The summed E-state index contributed by atoms with van der Waals surface area (Å²) in [5.74, 6) is 0.363. The van der Waals surface area contributed by atoms with E-state index in [1.165, 1.54) is 6.08 Å². The molecule has 3 rings (SSSR count). The zero-order valence-electron chi connectivity index (χ0n) is 15.9. The molecule has 1 heterocycles. The molecule has 144 valence electrons. The predicted molar refractivity (Wildman–Crippen MR) is 107 cm³/mol. The number of ether oxygens (including phenoxy) is 3. The molecule has 0 aliphatic rings. The van der Waals surface area contributed by atoms with Gasteiger partial charge in [0.1, 0.15) is 11.5 Å². The Kier molecular flexibility index (Phi) is 5.79. The van der Waals surface area contributed by atoms with Gasteiger partial charge < -0.3 is 19.2 Å². The number of hydrogen-bond acceptors (Lipinski definition) is 5. The zero-order valence-corrected chi connectivity index (χ0v) is 15.9. The number of benzene rings is 2. The van der Waals surface area contributed by atoms with Gasteiger partial charge in [0, 0.05) is 34.3 Å². The van der Waals surface area contributed by atoms with Crippen LogP contribution in [0.2, 0.25) is 0 Å². The summed E-state index contributed by atoms with van der Waals surface area (Å²) in [6, 6.07) is 12.8. The average molecular weight is 379 g/mol. The van der Waals surface area contributed by atoms with Crippen LogP contribution in [0.15, 0.2) is 48.5 Å². The van der Waals surface area contributed by atoms with E-state index in [9.17, 15) is 9.59 Å². The van der Waals surface area contributed by atoms with E-state index in [0.717, 1.165) is 16.6 Å². The van der Waals surface area contributed by atoms with Crippen molar-refractivity contribution < 1.29 is 23.8 Å². The third-order valence-corrected chi connectivity index (χ3v) is 4.30. The van der Waals surface area contributed by atoms with Gasteiger partial charge in [0.25, 0.3) is 0 Å². The fourth-order valence-corrected chi connectivity index (χ4v) is 2.98. The molecule has 0 fully saturated rings. The summed E-state index contributed by atoms with van der Waals surface area (Å²) >= 11 is 0. The van der Waals surface area contributed by atoms with Crippen LogP contribution in [0.5, 0.6) is 11.5 Å². The monoisotopic (exact) mass is 379 g/mol. The molecule has 2 aromatic carbocycles. The standard InChI is InChI=1S/C22H21NO5/c1-14-22(18-6-4-5-7-19(18)23-14)20(24)13-28-21(25)9-8-15-10-16(26-2)12-17(11-15)27-3/h4-12,23H,13H2,1-3H3/b9-8+. The number of nitrogens with one attached hydrogen (secondary N) is 1. The first kappa shape index (κ1) is 19.2. The summed E-state index contributed by atoms with van der Waals surface area (Å²) < 4.78 is 15.5. The third kappa shape index (κ3) is 4.23. The summed E-state index contributed by atoms with van der Waals surface area (Å²) in [5.41, 5.74) is 2.89. The van der Waals surface area contributed by atoms with Crippen molar-refractivity contribution in [3.05, 3.63) is 65.4 Å². The highest BCUT2D eigenvalue weighted by atomic mass is 16.5. The van der Waals surface area contributed by atoms with E-state index in [4.69, 9.17) is 14.2 Å². The minimum Gasteiger partial charge on any atom is -0.497 e. The van der Waals surface area contributed by atoms with Gasteiger partial charge in [0.2, 0.25) is 5.78 Å². The van der Waals surface area contributed by atoms with Crippen molar-refractivity contribution in [2.75, 3.05) is 20.8 Å². The average Bonchev–Trinajstić information content (AvgIpc) is 3.05. The Hall–Kier alpha value is -3.54. The maximum absolute atomic E-state index is 12.5. The highest BCUT2D eigenvalue weighted by Gasteiger charge is 2.16. The van der Waals surface area contributed by atoms with E-state index in [2.05, 4.69) is 4.98 Å². The summed E-state index contributed by atoms with van der Waals surface area (Å²) in [6.45, 7) is 1.50. The van der Waals surface area contributed by atoms with Gasteiger partial charge in [-0.2, -0.15) is 0 Å². The number of H-pyrrole nitrogens is 1. The minimum atomic E-state index is -0.604. The Labute approximate surface area is 162 Å². The van der Waals surface area contributed by atoms with Crippen LogP contribution >= 0.6 is 0 Å². The van der Waals surface area contributed by atoms with Crippen LogP contribution in [0.25, 0.3) is 17.0 Å². The highest BCUT2D eigenvalue weighted by Crippen LogP contribution is 2.24. The fraction of sp³-hybridized carbons (Fsp3) is 0.182. The summed E-state index contributed by atoms with van der Waals surface area (Å²) in [6.07, 6.45) is 2.85. The van der Waals surface area contributed by atoms with Crippen LogP contribution in [-0.4, -0.2) is 37.6 Å². The van der Waals surface area contributed by atoms with E-state index < -0.39 is 5.97 Å². The van der Waals surface area contributed by atoms with E-state index in [1.54, 1.807) is 38.5 Å². The number of rotatable bonds is 7. The molecule has 0 saturated heterocycles. The summed E-state index contributed by atoms with van der Waals surface area (Å²) in [7, 11) is 3.10. The lowest BCUT2D eigenvalue weighted by molar-refractivity contribution is -0.136. The molecule has 1 aromatic heterocycles. The second-order valence-corrected chi connectivity index (χ2v) is 6.18. The number of carbonyl (C=O) groups excluding carboxylic acids is 2. The van der Waals surface area contributed by atoms with Gasteiger partial charge in [0.15, 0.2) is 6.61 Å². The van der Waals surface area contributed by atoms with Crippen molar-refractivity contribution in [2.45, 2.75) is 6.92 Å². The molecule has 1 N–H and O–H groups in total. The lowest BCUT2D eigenvalue weighted by Crippen LogP contribution is -2.13. The molecular formula is C22H21NO5. The number of methoxy groups -OCH3 is 2. The number of Topliss-reactive ketones (excluding diaryl/α,β-unsaturated/α-hetero) is 1. The van der Waals surface area contributed by atoms with Crippen LogP contribution in [0, 0.1) is 6.92 Å². The molecule has 0 atom stereocenters. The molecule has 0 saturated carbocycles. The Morgan fingerprint density at radius 3 is 2.39 bits per heavy atom. The van der Waals surface area contributed by atoms with Gasteiger partial charge in [-0.1, -0.05) is 18.2 Å². The Morgan fingerprint density at radius 1 is 1.04 bits per heavy atom. The first-order chi connectivity index (χ1) is 13.5. The van der Waals surface area contributed by atoms with Crippen LogP contribution in [-0.2, 0) is 9.53 Å². The van der Waals surface area contributed by atoms with E-state index in [1.807, 2.05) is 31.2 Å². The van der Waals surface area contributed by atoms with Crippen molar-refractivity contribution in [1.82, 2.24) is 4.98 Å². The summed E-state index contributed by atoms with van der Waals surface area (Å²) in [5, 5.41) is 0.820. The Bertz CT molecular complexity index is 1030. The van der Waals surface area contributed by atoms with Gasteiger partial charge in [-0.05, 0) is 36.8 Å². The molecule has 6 nitrogen and oxygen atoms in total. The van der Waals surface area contributed by atoms with Crippen molar-refractivity contribution in [3.63, 3.8) is 0 Å². The smallest absolute Gasteiger partial charge is 0.331 e. The van der Waals surface area contributed by atoms with Gasteiger partial charge in [-0.3, -0.25) is 4.79 Å². The van der Waals surface area contributed by atoms with Crippen molar-refractivity contribution in [2.24, 2.45) is 0 Å². The van der Waals surface area contributed by atoms with Gasteiger partial charge in [-0.15, -0.1) is 0 Å². The number of carbonyl (C=O) groups is 2. The molecule has 28 heavy (non-hydrogen) atoms. The van der Waals surface area contributed by atoms with Gasteiger partial charge >= 0.3 is 5.97 Å². The molecule has 3 aromatic rings. The maximum atomic E-state index is 12.5. The first-order valence-corrected chi connectivity index (χ1v) is 8.70. The lowest BCUT2D eigenvalue weighted by Gasteiger charge is -2.06. The molecule has 0 amide bonds. The van der Waals surface area contributed by atoms with E-state index in [0.29, 0.717) is 22.6 Å². The largest absolute Gasteiger partial charge is 0.497 e. The normalized spacial score (nSPS) is 11.0. The second kappa shape index (κ2) is 8.43. The molecule has 0 unspecified atom stereocenters. The third-order valence-electron chi connectivity index (χ3n) is 4.30. The number of ketones is 1. The molecule has 0 aliphatic carbocycles. The quantitative estimate of drug-likeness (QED) is 0.382.